The van der Waals surface area contributed by atoms with Crippen LogP contribution in [-0.2, 0) is 13.6 Å². The van der Waals surface area contributed by atoms with Gasteiger partial charge in [-0.2, -0.15) is 0 Å². The van der Waals surface area contributed by atoms with E-state index in [4.69, 9.17) is 18.5 Å². The van der Waals surface area contributed by atoms with Crippen molar-refractivity contribution < 1.29 is 33.0 Å². The summed E-state index contributed by atoms with van der Waals surface area (Å²) in [6, 6.07) is 1.40. The first-order chi connectivity index (χ1) is 11.9. The molecule has 3 aliphatic heterocycles. The van der Waals surface area contributed by atoms with Crippen molar-refractivity contribution in [2.24, 2.45) is 5.92 Å². The molecule has 2 unspecified atom stereocenters. The predicted molar refractivity (Wildman–Crippen MR) is 85.3 cm³/mol. The number of phenols is 1. The van der Waals surface area contributed by atoms with E-state index in [9.17, 15) is 14.5 Å². The van der Waals surface area contributed by atoms with E-state index in [0.717, 1.165) is 0 Å². The van der Waals surface area contributed by atoms with Crippen molar-refractivity contribution >= 4 is 13.5 Å². The molecule has 1 amide bonds. The van der Waals surface area contributed by atoms with Crippen LogP contribution in [-0.4, -0.2) is 42.7 Å². The number of aromatic hydroxyl groups is 1. The van der Waals surface area contributed by atoms with Crippen LogP contribution in [0, 0.1) is 5.92 Å². The molecule has 8 nitrogen and oxygen atoms in total. The molecule has 3 heterocycles. The molecule has 0 radical (unpaired) electrons. The molecular formula is C16H18NO7P. The molecule has 5 rings (SSSR count). The Labute approximate surface area is 143 Å². The van der Waals surface area contributed by atoms with Gasteiger partial charge in [-0.3, -0.25) is 9.36 Å². The fourth-order valence-corrected chi connectivity index (χ4v) is 6.01. The van der Waals surface area contributed by atoms with E-state index in [1.807, 2.05) is 6.92 Å². The number of phenolic OH excluding ortho intramolecular Hbond substituents is 1. The van der Waals surface area contributed by atoms with Crippen LogP contribution >= 0.6 is 7.60 Å². The van der Waals surface area contributed by atoms with Crippen molar-refractivity contribution in [1.82, 2.24) is 5.32 Å². The molecular weight excluding hydrogens is 349 g/mol. The summed E-state index contributed by atoms with van der Waals surface area (Å²) in [6.07, 6.45) is -0.0857. The van der Waals surface area contributed by atoms with Crippen LogP contribution in [0.1, 0.15) is 35.2 Å². The number of carbonyl (C=O) groups excluding carboxylic acids is 1. The van der Waals surface area contributed by atoms with Gasteiger partial charge in [0, 0.05) is 12.6 Å². The van der Waals surface area contributed by atoms with Crippen molar-refractivity contribution in [3.63, 3.8) is 0 Å². The second-order valence-corrected chi connectivity index (χ2v) is 9.12. The van der Waals surface area contributed by atoms with Crippen LogP contribution in [0.5, 0.6) is 17.2 Å². The molecule has 2 N–H and O–H groups in total. The predicted octanol–water partition coefficient (Wildman–Crippen LogP) is 1.96. The molecule has 4 aliphatic rings. The van der Waals surface area contributed by atoms with E-state index in [1.165, 1.54) is 6.66 Å². The molecule has 1 aliphatic carbocycles. The number of benzene rings is 1. The van der Waals surface area contributed by atoms with E-state index in [0.29, 0.717) is 17.7 Å². The van der Waals surface area contributed by atoms with Crippen molar-refractivity contribution in [3.05, 3.63) is 17.2 Å². The first-order valence-corrected chi connectivity index (χ1v) is 10.3. The fraction of sp³-hybridized carbons (Fsp3) is 0.562. The van der Waals surface area contributed by atoms with Gasteiger partial charge in [-0.15, -0.1) is 0 Å². The number of amides is 1. The molecule has 1 saturated heterocycles. The van der Waals surface area contributed by atoms with Gasteiger partial charge >= 0.3 is 7.60 Å². The normalized spacial score (nSPS) is 40.9. The molecule has 1 aromatic carbocycles. The second kappa shape index (κ2) is 4.90. The van der Waals surface area contributed by atoms with E-state index in [-0.39, 0.29) is 47.8 Å². The average Bonchev–Trinajstić information content (AvgIpc) is 3.12. The molecule has 0 bridgehead atoms. The quantitative estimate of drug-likeness (QED) is 0.676. The van der Waals surface area contributed by atoms with Crippen LogP contribution in [0.3, 0.4) is 0 Å². The zero-order valence-corrected chi connectivity index (χ0v) is 14.6. The lowest BCUT2D eigenvalue weighted by Gasteiger charge is -2.44. The summed E-state index contributed by atoms with van der Waals surface area (Å²) in [7, 11) is -3.12. The summed E-state index contributed by atoms with van der Waals surface area (Å²) in [4.78, 5) is 12.7. The van der Waals surface area contributed by atoms with E-state index in [1.54, 1.807) is 6.07 Å². The standard InChI is InChI=1S/C16H18NO7P/c1-6-3-8-7-4-9-14(22-5-21-9)12(18)10(7)16(19)17-11(8)15-13(6)23-25(2,20)24-15/h4,6,8,11,13,15,18H,3,5H2,1-2H3,(H,17,19)/t6-,8?,11+,13+,15-,25?/m0/s1. The smallest absolute Gasteiger partial charge is 0.328 e. The van der Waals surface area contributed by atoms with Gasteiger partial charge in [0.25, 0.3) is 5.91 Å². The molecule has 0 spiro atoms. The number of rotatable bonds is 0. The zero-order chi connectivity index (χ0) is 17.5. The van der Waals surface area contributed by atoms with Crippen molar-refractivity contribution in [2.45, 2.75) is 37.5 Å². The maximum absolute atomic E-state index is 12.7. The second-order valence-electron chi connectivity index (χ2n) is 7.15. The van der Waals surface area contributed by atoms with Crippen LogP contribution in [0.15, 0.2) is 6.07 Å². The molecule has 25 heavy (non-hydrogen) atoms. The van der Waals surface area contributed by atoms with Crippen LogP contribution in [0.25, 0.3) is 0 Å². The van der Waals surface area contributed by atoms with Crippen molar-refractivity contribution in [2.75, 3.05) is 13.5 Å². The topological polar surface area (TPSA) is 103 Å². The number of fused-ring (bicyclic) bond motifs is 6. The molecule has 6 atom stereocenters. The Morgan fingerprint density at radius 1 is 1.28 bits per heavy atom. The van der Waals surface area contributed by atoms with Crippen LogP contribution < -0.4 is 14.8 Å². The monoisotopic (exact) mass is 367 g/mol. The highest BCUT2D eigenvalue weighted by Crippen LogP contribution is 2.60. The van der Waals surface area contributed by atoms with Crippen LogP contribution in [0.4, 0.5) is 0 Å². The summed E-state index contributed by atoms with van der Waals surface area (Å²) in [5.74, 6) is 0.0441. The van der Waals surface area contributed by atoms with Gasteiger partial charge in [-0.1, -0.05) is 6.92 Å². The van der Waals surface area contributed by atoms with Crippen molar-refractivity contribution in [3.8, 4) is 17.2 Å². The Kier molecular flexibility index (Phi) is 3.04. The summed E-state index contributed by atoms with van der Waals surface area (Å²) in [5.41, 5.74) is 0.928. The number of hydrogen-bond donors (Lipinski definition) is 2. The highest BCUT2D eigenvalue weighted by atomic mass is 31.2. The van der Waals surface area contributed by atoms with Gasteiger partial charge < -0.3 is 28.9 Å². The average molecular weight is 367 g/mol. The minimum Gasteiger partial charge on any atom is -0.504 e. The first kappa shape index (κ1) is 15.5. The molecule has 1 saturated carbocycles. The maximum atomic E-state index is 12.7. The Hall–Kier alpha value is -1.76. The minimum atomic E-state index is -3.12. The minimum absolute atomic E-state index is 0.0125. The van der Waals surface area contributed by atoms with E-state index < -0.39 is 19.6 Å². The highest BCUT2D eigenvalue weighted by molar-refractivity contribution is 7.53. The number of ether oxygens (including phenoxy) is 2. The lowest BCUT2D eigenvalue weighted by Crippen LogP contribution is -2.58. The van der Waals surface area contributed by atoms with Crippen molar-refractivity contribution in [1.29, 1.82) is 0 Å². The summed E-state index contributed by atoms with van der Waals surface area (Å²) in [5, 5.41) is 13.4. The van der Waals surface area contributed by atoms with Gasteiger partial charge in [0.15, 0.2) is 11.5 Å². The third kappa shape index (κ3) is 2.08. The summed E-state index contributed by atoms with van der Waals surface area (Å²) < 4.78 is 34.3. The number of hydrogen-bond acceptors (Lipinski definition) is 7. The van der Waals surface area contributed by atoms with Gasteiger partial charge in [0.05, 0.1) is 17.7 Å². The van der Waals surface area contributed by atoms with E-state index in [2.05, 4.69) is 5.32 Å². The van der Waals surface area contributed by atoms with Gasteiger partial charge in [0.1, 0.15) is 6.10 Å². The first-order valence-electron chi connectivity index (χ1n) is 8.26. The molecule has 1 aromatic rings. The largest absolute Gasteiger partial charge is 0.504 e. The number of carbonyl (C=O) groups is 1. The van der Waals surface area contributed by atoms with Crippen LogP contribution in [0.2, 0.25) is 0 Å². The molecule has 0 aromatic heterocycles. The van der Waals surface area contributed by atoms with Gasteiger partial charge in [0.2, 0.25) is 12.5 Å². The number of nitrogens with one attached hydrogen (secondary N) is 1. The SMILES string of the molecule is C[C@H]1CC2c3cc4c(c(O)c3C(=O)N[C@H]2[C@@H]2OP(C)(=O)O[C@@H]21)OCO4. The van der Waals surface area contributed by atoms with E-state index >= 15 is 0 Å². The Morgan fingerprint density at radius 3 is 2.84 bits per heavy atom. The third-order valence-electron chi connectivity index (χ3n) is 5.52. The van der Waals surface area contributed by atoms with Gasteiger partial charge in [-0.05, 0) is 24.0 Å². The lowest BCUT2D eigenvalue weighted by molar-refractivity contribution is 0.0233. The lowest BCUT2D eigenvalue weighted by atomic mass is 9.69. The Morgan fingerprint density at radius 2 is 2.04 bits per heavy atom. The third-order valence-corrected chi connectivity index (χ3v) is 6.77. The fourth-order valence-electron chi connectivity index (χ4n) is 4.50. The molecule has 134 valence electrons. The summed E-state index contributed by atoms with van der Waals surface area (Å²) >= 11 is 0. The zero-order valence-electron chi connectivity index (χ0n) is 13.7. The van der Waals surface area contributed by atoms with Gasteiger partial charge in [-0.25, -0.2) is 0 Å². The Balaban J connectivity index is 1.63. The molecule has 9 heteroatoms. The molecule has 2 fully saturated rings. The Bertz CT molecular complexity index is 840. The summed E-state index contributed by atoms with van der Waals surface area (Å²) in [6.45, 7) is 3.49. The maximum Gasteiger partial charge on any atom is 0.328 e. The highest BCUT2D eigenvalue weighted by Gasteiger charge is 2.56.